The Labute approximate surface area is 205 Å². The molecule has 210 valence electrons. The predicted molar refractivity (Wildman–Crippen MR) is 108 cm³/mol. The minimum absolute atomic E-state index is 0.112. The second kappa shape index (κ2) is 11.1. The first-order valence-corrected chi connectivity index (χ1v) is 9.50. The Morgan fingerprint density at radius 2 is 1.55 bits per heavy atom. The molecule has 2 amide bonds. The number of aryl methyl sites for hydroxylation is 1. The van der Waals surface area contributed by atoms with Crippen LogP contribution in [0, 0.1) is 6.92 Å². The quantitative estimate of drug-likeness (QED) is 0.342. The summed E-state index contributed by atoms with van der Waals surface area (Å²) in [6.07, 6.45) is -14.3. The smallest absolute Gasteiger partial charge is 0.475 e. The number of hydrogen-bond acceptors (Lipinski definition) is 7. The number of carbonyl (C=O) groups is 3. The summed E-state index contributed by atoms with van der Waals surface area (Å²) in [4.78, 5) is 39.7. The first-order chi connectivity index (χ1) is 17.0. The number of anilines is 1. The van der Waals surface area contributed by atoms with Gasteiger partial charge in [0.05, 0.1) is 11.9 Å². The van der Waals surface area contributed by atoms with Crippen molar-refractivity contribution in [1.29, 1.82) is 0 Å². The van der Waals surface area contributed by atoms with Crippen LogP contribution < -0.4 is 16.8 Å². The van der Waals surface area contributed by atoms with Gasteiger partial charge in [0.25, 0.3) is 17.4 Å². The number of nitrogen functional groups attached to an aromatic ring is 1. The fourth-order valence-corrected chi connectivity index (χ4v) is 2.53. The number of hydrogen-bond donors (Lipinski definition) is 5. The normalized spacial score (nSPS) is 13.6. The molecule has 7 N–H and O–H groups in total. The van der Waals surface area contributed by atoms with Gasteiger partial charge in [-0.3, -0.25) is 9.59 Å². The molecule has 0 saturated heterocycles. The van der Waals surface area contributed by atoms with Crippen molar-refractivity contribution >= 4 is 23.6 Å². The monoisotopic (exact) mass is 565 g/mol. The highest BCUT2D eigenvalue weighted by Gasteiger charge is 2.60. The first-order valence-electron chi connectivity index (χ1n) is 9.50. The van der Waals surface area contributed by atoms with Gasteiger partial charge < -0.3 is 27.0 Å². The van der Waals surface area contributed by atoms with Gasteiger partial charge in [0.2, 0.25) is 0 Å². The van der Waals surface area contributed by atoms with Gasteiger partial charge in [0.1, 0.15) is 6.54 Å². The standard InChI is InChI=1S/C17H15F6N5O3.C2HF3O2/c1-7-2-3-8(16(31,14(25)30)17(21,22)23)4-9(7)10-5-26-12(24)11(28-10)13(29)27-6-15(18,19)20;3-2(4,5)1(6)7/h2-5,31H,6H2,1H3,(H2,24,26)(H2,25,30)(H,27,29);(H,6,7). The second-order valence-corrected chi connectivity index (χ2v) is 7.19. The summed E-state index contributed by atoms with van der Waals surface area (Å²) in [6.45, 7) is -0.250. The zero-order chi connectivity index (χ0) is 29.9. The third-order valence-corrected chi connectivity index (χ3v) is 4.41. The molecule has 1 heterocycles. The highest BCUT2D eigenvalue weighted by atomic mass is 19.4. The zero-order valence-corrected chi connectivity index (χ0v) is 18.6. The zero-order valence-electron chi connectivity index (χ0n) is 18.6. The van der Waals surface area contributed by atoms with Gasteiger partial charge in [0, 0.05) is 11.1 Å². The number of aliphatic carboxylic acids is 1. The van der Waals surface area contributed by atoms with E-state index in [1.54, 1.807) is 5.32 Å². The molecule has 0 saturated carbocycles. The average Bonchev–Trinajstić information content (AvgIpc) is 2.76. The fraction of sp³-hybridized carbons (Fsp3) is 0.316. The maximum absolute atomic E-state index is 13.3. The molecule has 1 aromatic heterocycles. The van der Waals surface area contributed by atoms with E-state index in [0.717, 1.165) is 24.4 Å². The molecule has 38 heavy (non-hydrogen) atoms. The average molecular weight is 565 g/mol. The summed E-state index contributed by atoms with van der Waals surface area (Å²) < 4.78 is 109. The molecule has 1 aromatic carbocycles. The number of aromatic nitrogens is 2. The minimum Gasteiger partial charge on any atom is -0.475 e. The number of halogens is 9. The largest absolute Gasteiger partial charge is 0.490 e. The van der Waals surface area contributed by atoms with Crippen LogP contribution in [0.5, 0.6) is 0 Å². The van der Waals surface area contributed by atoms with Crippen molar-refractivity contribution in [2.24, 2.45) is 5.73 Å². The van der Waals surface area contributed by atoms with Crippen LogP contribution in [0.1, 0.15) is 21.6 Å². The fourth-order valence-electron chi connectivity index (χ4n) is 2.53. The molecule has 1 atom stereocenters. The SMILES string of the molecule is Cc1ccc(C(O)(C(N)=O)C(F)(F)F)cc1-c1cnc(N)c(C(=O)NCC(F)(F)F)n1.O=C(O)C(F)(F)F. The van der Waals surface area contributed by atoms with Gasteiger partial charge in [-0.1, -0.05) is 12.1 Å². The number of carbonyl (C=O) groups excluding carboxylic acids is 2. The van der Waals surface area contributed by atoms with Crippen molar-refractivity contribution < 1.29 is 64.1 Å². The van der Waals surface area contributed by atoms with Crippen LogP contribution >= 0.6 is 0 Å². The molecule has 2 aromatic rings. The van der Waals surface area contributed by atoms with Crippen LogP contribution in [0.15, 0.2) is 24.4 Å². The summed E-state index contributed by atoms with van der Waals surface area (Å²) in [6, 6.07) is 2.69. The molecule has 0 aliphatic rings. The number of primary amides is 1. The molecule has 0 aliphatic heterocycles. The molecule has 0 aliphatic carbocycles. The maximum atomic E-state index is 13.3. The number of alkyl halides is 9. The molecule has 19 heteroatoms. The van der Waals surface area contributed by atoms with Gasteiger partial charge in [-0.25, -0.2) is 14.8 Å². The Morgan fingerprint density at radius 3 is 1.97 bits per heavy atom. The van der Waals surface area contributed by atoms with E-state index < -0.39 is 65.5 Å². The van der Waals surface area contributed by atoms with Crippen LogP contribution in [0.2, 0.25) is 0 Å². The molecule has 2 rings (SSSR count). The van der Waals surface area contributed by atoms with Gasteiger partial charge in [0.15, 0.2) is 11.5 Å². The lowest BCUT2D eigenvalue weighted by atomic mass is 9.89. The van der Waals surface area contributed by atoms with Gasteiger partial charge in [-0.05, 0) is 18.6 Å². The second-order valence-electron chi connectivity index (χ2n) is 7.19. The predicted octanol–water partition coefficient (Wildman–Crippen LogP) is 2.19. The van der Waals surface area contributed by atoms with Crippen molar-refractivity contribution in [3.8, 4) is 11.3 Å². The third kappa shape index (κ3) is 7.67. The number of benzene rings is 1. The minimum atomic E-state index is -5.46. The van der Waals surface area contributed by atoms with E-state index in [1.807, 2.05) is 0 Å². The van der Waals surface area contributed by atoms with Gasteiger partial charge >= 0.3 is 24.5 Å². The molecule has 0 radical (unpaired) electrons. The van der Waals surface area contributed by atoms with E-state index in [0.29, 0.717) is 0 Å². The molecule has 0 fully saturated rings. The van der Waals surface area contributed by atoms with Crippen molar-refractivity contribution in [1.82, 2.24) is 15.3 Å². The highest BCUT2D eigenvalue weighted by Crippen LogP contribution is 2.40. The number of amides is 2. The van der Waals surface area contributed by atoms with Crippen LogP contribution in [-0.2, 0) is 15.2 Å². The number of nitrogens with zero attached hydrogens (tertiary/aromatic N) is 2. The van der Waals surface area contributed by atoms with Crippen LogP contribution in [0.25, 0.3) is 11.3 Å². The highest BCUT2D eigenvalue weighted by molar-refractivity contribution is 5.97. The lowest BCUT2D eigenvalue weighted by Crippen LogP contribution is -2.52. The van der Waals surface area contributed by atoms with Gasteiger partial charge in [-0.2, -0.15) is 39.5 Å². The number of aliphatic hydroxyl groups is 1. The third-order valence-electron chi connectivity index (χ3n) is 4.41. The van der Waals surface area contributed by atoms with E-state index in [2.05, 4.69) is 9.97 Å². The van der Waals surface area contributed by atoms with E-state index in [4.69, 9.17) is 21.4 Å². The summed E-state index contributed by atoms with van der Waals surface area (Å²) in [5, 5.41) is 18.6. The Morgan fingerprint density at radius 1 is 1.03 bits per heavy atom. The number of carboxylic acids is 1. The summed E-state index contributed by atoms with van der Waals surface area (Å²) in [5.41, 5.74) is 4.50. The lowest BCUT2D eigenvalue weighted by Gasteiger charge is -2.28. The summed E-state index contributed by atoms with van der Waals surface area (Å²) in [7, 11) is 0. The number of nitrogens with two attached hydrogens (primary N) is 2. The molecular formula is C19H16F9N5O5. The first kappa shape index (κ1) is 31.9. The lowest BCUT2D eigenvalue weighted by molar-refractivity contribution is -0.255. The van der Waals surface area contributed by atoms with Crippen LogP contribution in [0.3, 0.4) is 0 Å². The van der Waals surface area contributed by atoms with Crippen molar-refractivity contribution in [3.05, 3.63) is 41.2 Å². The Hall–Kier alpha value is -4.16. The molecular weight excluding hydrogens is 549 g/mol. The Bertz CT molecular complexity index is 1210. The van der Waals surface area contributed by atoms with E-state index in [1.165, 1.54) is 6.92 Å². The molecule has 1 unspecified atom stereocenters. The van der Waals surface area contributed by atoms with Crippen LogP contribution in [0.4, 0.5) is 45.3 Å². The number of nitrogens with one attached hydrogen (secondary N) is 1. The van der Waals surface area contributed by atoms with Crippen LogP contribution in [-0.4, -0.2) is 63.0 Å². The van der Waals surface area contributed by atoms with E-state index in [9.17, 15) is 54.2 Å². The van der Waals surface area contributed by atoms with E-state index in [-0.39, 0.29) is 16.8 Å². The topological polar surface area (TPSA) is 182 Å². The van der Waals surface area contributed by atoms with Crippen molar-refractivity contribution in [2.45, 2.75) is 31.1 Å². The number of carboxylic acid groups (broad SMARTS) is 1. The molecule has 0 spiro atoms. The summed E-state index contributed by atoms with van der Waals surface area (Å²) in [5.74, 6) is -6.68. The Balaban J connectivity index is 0.000000905. The maximum Gasteiger partial charge on any atom is 0.490 e. The summed E-state index contributed by atoms with van der Waals surface area (Å²) >= 11 is 0. The number of rotatable bonds is 5. The molecule has 10 nitrogen and oxygen atoms in total. The van der Waals surface area contributed by atoms with Gasteiger partial charge in [-0.15, -0.1) is 0 Å². The van der Waals surface area contributed by atoms with E-state index >= 15 is 0 Å². The van der Waals surface area contributed by atoms with Crippen molar-refractivity contribution in [2.75, 3.05) is 12.3 Å². The molecule has 0 bridgehead atoms. The Kier molecular flexibility index (Phi) is 9.28. The van der Waals surface area contributed by atoms with Crippen molar-refractivity contribution in [3.63, 3.8) is 0 Å².